The molecule has 1 atom stereocenters. The molecule has 0 aliphatic carbocycles. The summed E-state index contributed by atoms with van der Waals surface area (Å²) in [4.78, 5) is 39.9. The van der Waals surface area contributed by atoms with Crippen molar-refractivity contribution in [1.82, 2.24) is 5.32 Å². The fourth-order valence-electron chi connectivity index (χ4n) is 3.33. The number of carbonyl (C=O) groups is 3. The monoisotopic (exact) mass is 394 g/mol. The van der Waals surface area contributed by atoms with Crippen molar-refractivity contribution in [2.75, 3.05) is 35.8 Å². The van der Waals surface area contributed by atoms with E-state index in [2.05, 4.69) is 10.6 Å². The summed E-state index contributed by atoms with van der Waals surface area (Å²) in [6, 6.07) is 15.1. The Hall–Kier alpha value is -3.35. The Morgan fingerprint density at radius 1 is 1.14 bits per heavy atom. The van der Waals surface area contributed by atoms with Crippen molar-refractivity contribution in [3.05, 3.63) is 54.1 Å². The molecule has 7 nitrogen and oxygen atoms in total. The maximum Gasteiger partial charge on any atom is 0.227 e. The summed E-state index contributed by atoms with van der Waals surface area (Å²) in [6.07, 6.45) is 0.176. The van der Waals surface area contributed by atoms with Crippen LogP contribution in [0.4, 0.5) is 17.1 Å². The van der Waals surface area contributed by atoms with Crippen molar-refractivity contribution in [2.45, 2.75) is 19.9 Å². The second kappa shape index (κ2) is 8.77. The largest absolute Gasteiger partial charge is 0.378 e. The van der Waals surface area contributed by atoms with Crippen LogP contribution in [0.25, 0.3) is 0 Å². The molecular weight excluding hydrogens is 368 g/mol. The molecule has 1 unspecified atom stereocenters. The Kier molecular flexibility index (Phi) is 6.16. The Labute approximate surface area is 170 Å². The lowest BCUT2D eigenvalue weighted by molar-refractivity contribution is -0.126. The van der Waals surface area contributed by atoms with E-state index in [1.165, 1.54) is 6.92 Å². The highest BCUT2D eigenvalue weighted by atomic mass is 16.2. The fraction of sp³-hybridized carbons (Fsp3) is 0.318. The highest BCUT2D eigenvalue weighted by Gasteiger charge is 2.35. The van der Waals surface area contributed by atoms with Gasteiger partial charge >= 0.3 is 0 Å². The number of nitrogens with one attached hydrogen (secondary N) is 2. The van der Waals surface area contributed by atoms with Crippen LogP contribution in [0.2, 0.25) is 0 Å². The summed E-state index contributed by atoms with van der Waals surface area (Å²) < 4.78 is 0. The van der Waals surface area contributed by atoms with Crippen molar-refractivity contribution in [2.24, 2.45) is 5.92 Å². The molecule has 1 fully saturated rings. The topological polar surface area (TPSA) is 81.8 Å². The van der Waals surface area contributed by atoms with Crippen LogP contribution in [0.5, 0.6) is 0 Å². The van der Waals surface area contributed by atoms with Crippen LogP contribution >= 0.6 is 0 Å². The zero-order valence-corrected chi connectivity index (χ0v) is 16.9. The Morgan fingerprint density at radius 3 is 2.52 bits per heavy atom. The second-order valence-electron chi connectivity index (χ2n) is 7.42. The van der Waals surface area contributed by atoms with Gasteiger partial charge in [0, 0.05) is 57.6 Å². The van der Waals surface area contributed by atoms with Gasteiger partial charge < -0.3 is 20.4 Å². The van der Waals surface area contributed by atoms with Gasteiger partial charge in [-0.2, -0.15) is 0 Å². The molecule has 3 amide bonds. The first-order valence-electron chi connectivity index (χ1n) is 9.55. The van der Waals surface area contributed by atoms with Gasteiger partial charge in [0.15, 0.2) is 0 Å². The maximum absolute atomic E-state index is 12.6. The molecule has 1 saturated heterocycles. The zero-order valence-electron chi connectivity index (χ0n) is 16.9. The molecule has 152 valence electrons. The van der Waals surface area contributed by atoms with E-state index in [0.717, 1.165) is 11.3 Å². The summed E-state index contributed by atoms with van der Waals surface area (Å²) in [5.74, 6) is -0.797. The molecule has 0 radical (unpaired) electrons. The molecule has 2 aromatic rings. The number of rotatable bonds is 6. The molecule has 1 heterocycles. The number of hydrogen-bond donors (Lipinski definition) is 2. The van der Waals surface area contributed by atoms with Crippen LogP contribution in [0.1, 0.15) is 18.9 Å². The van der Waals surface area contributed by atoms with Crippen LogP contribution in [0.15, 0.2) is 48.5 Å². The number of benzene rings is 2. The molecule has 1 aliphatic rings. The van der Waals surface area contributed by atoms with Gasteiger partial charge in [-0.1, -0.05) is 18.2 Å². The van der Waals surface area contributed by atoms with Crippen molar-refractivity contribution in [3.8, 4) is 0 Å². The third-order valence-corrected chi connectivity index (χ3v) is 4.89. The summed E-state index contributed by atoms with van der Waals surface area (Å²) in [6.45, 7) is 2.19. The Morgan fingerprint density at radius 2 is 1.86 bits per heavy atom. The number of amides is 3. The predicted molar refractivity (Wildman–Crippen MR) is 114 cm³/mol. The standard InChI is InChI=1S/C22H26N4O3/c1-15(27)24-18-5-4-6-20(12-18)26-14-17(11-21(26)28)22(29)23-13-16-7-9-19(10-8-16)25(2)3/h4-10,12,17H,11,13-14H2,1-3H3,(H,23,29)(H,24,27). The number of hydrogen-bond acceptors (Lipinski definition) is 4. The molecule has 3 rings (SSSR count). The Bertz CT molecular complexity index is 909. The normalized spacial score (nSPS) is 15.9. The summed E-state index contributed by atoms with van der Waals surface area (Å²) in [7, 11) is 3.96. The number of carbonyl (C=O) groups excluding carboxylic acids is 3. The SMILES string of the molecule is CC(=O)Nc1cccc(N2CC(C(=O)NCc3ccc(N(C)C)cc3)CC2=O)c1. The van der Waals surface area contributed by atoms with E-state index in [9.17, 15) is 14.4 Å². The van der Waals surface area contributed by atoms with E-state index in [4.69, 9.17) is 0 Å². The zero-order chi connectivity index (χ0) is 21.0. The first-order valence-corrected chi connectivity index (χ1v) is 9.55. The van der Waals surface area contributed by atoms with Gasteiger partial charge in [0.05, 0.1) is 5.92 Å². The molecule has 0 bridgehead atoms. The van der Waals surface area contributed by atoms with E-state index in [0.29, 0.717) is 24.5 Å². The lowest BCUT2D eigenvalue weighted by atomic mass is 10.1. The molecule has 0 aromatic heterocycles. The van der Waals surface area contributed by atoms with Gasteiger partial charge in [-0.25, -0.2) is 0 Å². The molecule has 0 saturated carbocycles. The minimum atomic E-state index is -0.395. The van der Waals surface area contributed by atoms with E-state index in [-0.39, 0.29) is 24.1 Å². The van der Waals surface area contributed by atoms with Crippen molar-refractivity contribution < 1.29 is 14.4 Å². The smallest absolute Gasteiger partial charge is 0.227 e. The van der Waals surface area contributed by atoms with Gasteiger partial charge in [-0.15, -0.1) is 0 Å². The molecule has 29 heavy (non-hydrogen) atoms. The van der Waals surface area contributed by atoms with Crippen LogP contribution < -0.4 is 20.4 Å². The van der Waals surface area contributed by atoms with Gasteiger partial charge in [-0.3, -0.25) is 14.4 Å². The van der Waals surface area contributed by atoms with Gasteiger partial charge in [0.25, 0.3) is 0 Å². The van der Waals surface area contributed by atoms with Crippen molar-refractivity contribution >= 4 is 34.8 Å². The van der Waals surface area contributed by atoms with Crippen LogP contribution in [-0.2, 0) is 20.9 Å². The summed E-state index contributed by atoms with van der Waals surface area (Å²) in [5.41, 5.74) is 3.40. The fourth-order valence-corrected chi connectivity index (χ4v) is 3.33. The van der Waals surface area contributed by atoms with E-state index < -0.39 is 5.92 Å². The average molecular weight is 394 g/mol. The molecular formula is C22H26N4O3. The van der Waals surface area contributed by atoms with Crippen molar-refractivity contribution in [1.29, 1.82) is 0 Å². The van der Waals surface area contributed by atoms with E-state index in [1.54, 1.807) is 29.2 Å². The van der Waals surface area contributed by atoms with E-state index >= 15 is 0 Å². The van der Waals surface area contributed by atoms with Crippen LogP contribution in [0, 0.1) is 5.92 Å². The predicted octanol–water partition coefficient (Wildman–Crippen LogP) is 2.38. The molecule has 2 aromatic carbocycles. The van der Waals surface area contributed by atoms with Gasteiger partial charge in [0.2, 0.25) is 17.7 Å². The first kappa shape index (κ1) is 20.4. The Balaban J connectivity index is 1.59. The number of anilines is 3. The lowest BCUT2D eigenvalue weighted by Crippen LogP contribution is -2.32. The maximum atomic E-state index is 12.6. The second-order valence-corrected chi connectivity index (χ2v) is 7.42. The molecule has 2 N–H and O–H groups in total. The third-order valence-electron chi connectivity index (χ3n) is 4.89. The minimum absolute atomic E-state index is 0.0968. The van der Waals surface area contributed by atoms with Crippen LogP contribution in [0.3, 0.4) is 0 Å². The quantitative estimate of drug-likeness (QED) is 0.788. The highest BCUT2D eigenvalue weighted by molar-refractivity contribution is 6.01. The van der Waals surface area contributed by atoms with Gasteiger partial charge in [0.1, 0.15) is 0 Å². The van der Waals surface area contributed by atoms with Gasteiger partial charge in [-0.05, 0) is 35.9 Å². The average Bonchev–Trinajstić information content (AvgIpc) is 3.08. The highest BCUT2D eigenvalue weighted by Crippen LogP contribution is 2.27. The third kappa shape index (κ3) is 5.13. The molecule has 7 heteroatoms. The molecule has 0 spiro atoms. The molecule has 1 aliphatic heterocycles. The van der Waals surface area contributed by atoms with Crippen LogP contribution in [-0.4, -0.2) is 38.4 Å². The summed E-state index contributed by atoms with van der Waals surface area (Å²) >= 11 is 0. The summed E-state index contributed by atoms with van der Waals surface area (Å²) in [5, 5.41) is 5.64. The first-order chi connectivity index (χ1) is 13.8. The number of nitrogens with zero attached hydrogens (tertiary/aromatic N) is 2. The lowest BCUT2D eigenvalue weighted by Gasteiger charge is -2.18. The minimum Gasteiger partial charge on any atom is -0.378 e. The van der Waals surface area contributed by atoms with Crippen molar-refractivity contribution in [3.63, 3.8) is 0 Å². The van der Waals surface area contributed by atoms with E-state index in [1.807, 2.05) is 43.3 Å².